The molecule has 3 nitrogen and oxygen atoms in total. The van der Waals surface area contributed by atoms with Crippen LogP contribution >= 0.6 is 15.9 Å². The van der Waals surface area contributed by atoms with Gasteiger partial charge in [-0.1, -0.05) is 24.3 Å². The van der Waals surface area contributed by atoms with Gasteiger partial charge < -0.3 is 11.1 Å². The SMILES string of the molecule is Cc1ccccc1C(C)NC(=O)c1cc(N)c(F)cc1Br. The van der Waals surface area contributed by atoms with Gasteiger partial charge in [0.1, 0.15) is 5.82 Å². The predicted molar refractivity (Wildman–Crippen MR) is 85.6 cm³/mol. The highest BCUT2D eigenvalue weighted by atomic mass is 79.9. The van der Waals surface area contributed by atoms with E-state index in [0.29, 0.717) is 10.0 Å². The van der Waals surface area contributed by atoms with Gasteiger partial charge in [-0.2, -0.15) is 0 Å². The highest BCUT2D eigenvalue weighted by molar-refractivity contribution is 9.10. The van der Waals surface area contributed by atoms with Crippen LogP contribution in [0.1, 0.15) is 34.5 Å². The largest absolute Gasteiger partial charge is 0.396 e. The Morgan fingerprint density at radius 2 is 2.00 bits per heavy atom. The van der Waals surface area contributed by atoms with Crippen molar-refractivity contribution < 1.29 is 9.18 Å². The van der Waals surface area contributed by atoms with Gasteiger partial charge in [0.05, 0.1) is 17.3 Å². The first-order valence-electron chi connectivity index (χ1n) is 6.51. The number of halogens is 2. The predicted octanol–water partition coefficient (Wildman–Crippen LogP) is 3.97. The summed E-state index contributed by atoms with van der Waals surface area (Å²) in [4.78, 5) is 12.3. The average molecular weight is 351 g/mol. The molecule has 1 atom stereocenters. The molecule has 5 heteroatoms. The first kappa shape index (κ1) is 15.5. The molecule has 1 amide bonds. The van der Waals surface area contributed by atoms with Gasteiger partial charge in [0, 0.05) is 4.47 Å². The highest BCUT2D eigenvalue weighted by Gasteiger charge is 2.17. The molecule has 0 aliphatic carbocycles. The quantitative estimate of drug-likeness (QED) is 0.823. The van der Waals surface area contributed by atoms with Gasteiger partial charge in [-0.3, -0.25) is 4.79 Å². The molecule has 0 saturated carbocycles. The van der Waals surface area contributed by atoms with Crippen LogP contribution in [0, 0.1) is 12.7 Å². The van der Waals surface area contributed by atoms with E-state index >= 15 is 0 Å². The summed E-state index contributed by atoms with van der Waals surface area (Å²) < 4.78 is 13.7. The smallest absolute Gasteiger partial charge is 0.252 e. The number of nitrogens with two attached hydrogens (primary N) is 1. The summed E-state index contributed by atoms with van der Waals surface area (Å²) >= 11 is 3.19. The van der Waals surface area contributed by atoms with Gasteiger partial charge in [0.2, 0.25) is 0 Å². The van der Waals surface area contributed by atoms with Gasteiger partial charge >= 0.3 is 0 Å². The average Bonchev–Trinajstić information content (AvgIpc) is 2.43. The molecule has 0 heterocycles. The van der Waals surface area contributed by atoms with Crippen molar-refractivity contribution in [3.63, 3.8) is 0 Å². The maximum Gasteiger partial charge on any atom is 0.252 e. The molecule has 0 saturated heterocycles. The van der Waals surface area contributed by atoms with Crippen molar-refractivity contribution in [3.8, 4) is 0 Å². The number of benzene rings is 2. The number of carbonyl (C=O) groups is 1. The van der Waals surface area contributed by atoms with E-state index in [1.807, 2.05) is 38.1 Å². The van der Waals surface area contributed by atoms with E-state index in [9.17, 15) is 9.18 Å². The fourth-order valence-electron chi connectivity index (χ4n) is 2.16. The lowest BCUT2D eigenvalue weighted by atomic mass is 10.0. The van der Waals surface area contributed by atoms with Crippen LogP contribution in [0.5, 0.6) is 0 Å². The molecule has 1 unspecified atom stereocenters. The number of carbonyl (C=O) groups excluding carboxylic acids is 1. The van der Waals surface area contributed by atoms with Crippen LogP contribution in [0.15, 0.2) is 40.9 Å². The monoisotopic (exact) mass is 350 g/mol. The summed E-state index contributed by atoms with van der Waals surface area (Å²) in [6.07, 6.45) is 0. The van der Waals surface area contributed by atoms with Crippen LogP contribution in [0.2, 0.25) is 0 Å². The third-order valence-corrected chi connectivity index (χ3v) is 3.99. The second kappa shape index (κ2) is 6.26. The first-order valence-corrected chi connectivity index (χ1v) is 7.30. The second-order valence-electron chi connectivity index (χ2n) is 4.91. The number of aryl methyl sites for hydroxylation is 1. The molecule has 0 aliphatic rings. The van der Waals surface area contributed by atoms with Crippen molar-refractivity contribution in [1.29, 1.82) is 0 Å². The van der Waals surface area contributed by atoms with Crippen molar-refractivity contribution in [1.82, 2.24) is 5.32 Å². The van der Waals surface area contributed by atoms with Crippen LogP contribution in [0.25, 0.3) is 0 Å². The van der Waals surface area contributed by atoms with Crippen LogP contribution in [-0.2, 0) is 0 Å². The summed E-state index contributed by atoms with van der Waals surface area (Å²) in [5, 5.41) is 2.89. The summed E-state index contributed by atoms with van der Waals surface area (Å²) in [7, 11) is 0. The van der Waals surface area contributed by atoms with Gasteiger partial charge in [-0.15, -0.1) is 0 Å². The second-order valence-corrected chi connectivity index (χ2v) is 5.76. The molecule has 0 aliphatic heterocycles. The van der Waals surface area contributed by atoms with Gasteiger partial charge in [0.15, 0.2) is 0 Å². The number of rotatable bonds is 3. The van der Waals surface area contributed by atoms with Crippen LogP contribution in [0.3, 0.4) is 0 Å². The van der Waals surface area contributed by atoms with E-state index < -0.39 is 5.82 Å². The molecule has 110 valence electrons. The van der Waals surface area contributed by atoms with E-state index in [2.05, 4.69) is 21.2 Å². The third kappa shape index (κ3) is 3.42. The number of amides is 1. The zero-order valence-corrected chi connectivity index (χ0v) is 13.4. The van der Waals surface area contributed by atoms with Gasteiger partial charge in [-0.25, -0.2) is 4.39 Å². The number of hydrogen-bond acceptors (Lipinski definition) is 2. The molecule has 0 radical (unpaired) electrons. The molecule has 0 aromatic heterocycles. The summed E-state index contributed by atoms with van der Waals surface area (Å²) in [6, 6.07) is 10.2. The molecular formula is C16H16BrFN2O. The standard InChI is InChI=1S/C16H16BrFN2O/c1-9-5-3-4-6-11(9)10(2)20-16(21)12-7-15(19)14(18)8-13(12)17/h3-8,10H,19H2,1-2H3,(H,20,21). The topological polar surface area (TPSA) is 55.1 Å². The zero-order chi connectivity index (χ0) is 15.6. The normalized spacial score (nSPS) is 12.0. The Kier molecular flexibility index (Phi) is 4.63. The number of nitrogen functional groups attached to an aromatic ring is 1. The molecule has 2 aromatic rings. The lowest BCUT2D eigenvalue weighted by Gasteiger charge is -2.17. The lowest BCUT2D eigenvalue weighted by molar-refractivity contribution is 0.0939. The first-order chi connectivity index (χ1) is 9.90. The zero-order valence-electron chi connectivity index (χ0n) is 11.8. The Bertz CT molecular complexity index is 688. The minimum absolute atomic E-state index is 0.0492. The van der Waals surface area contributed by atoms with E-state index in [4.69, 9.17) is 5.73 Å². The molecule has 21 heavy (non-hydrogen) atoms. The molecule has 3 N–H and O–H groups in total. The summed E-state index contributed by atoms with van der Waals surface area (Å²) in [5.41, 5.74) is 7.92. The summed E-state index contributed by atoms with van der Waals surface area (Å²) in [5.74, 6) is -0.852. The fourth-order valence-corrected chi connectivity index (χ4v) is 2.66. The van der Waals surface area contributed by atoms with Crippen molar-refractivity contribution in [2.45, 2.75) is 19.9 Å². The lowest BCUT2D eigenvalue weighted by Crippen LogP contribution is -2.27. The van der Waals surface area contributed by atoms with Gasteiger partial charge in [0.25, 0.3) is 5.91 Å². The van der Waals surface area contributed by atoms with E-state index in [1.54, 1.807) is 0 Å². The molecule has 2 rings (SSSR count). The highest BCUT2D eigenvalue weighted by Crippen LogP contribution is 2.24. The van der Waals surface area contributed by atoms with Crippen molar-refractivity contribution in [2.75, 3.05) is 5.73 Å². The van der Waals surface area contributed by atoms with Crippen LogP contribution in [-0.4, -0.2) is 5.91 Å². The van der Waals surface area contributed by atoms with Crippen LogP contribution in [0.4, 0.5) is 10.1 Å². The Balaban J connectivity index is 2.22. The maximum atomic E-state index is 13.3. The molecular weight excluding hydrogens is 335 g/mol. The van der Waals surface area contributed by atoms with Crippen molar-refractivity contribution in [3.05, 3.63) is 63.4 Å². The molecule has 2 aromatic carbocycles. The van der Waals surface area contributed by atoms with E-state index in [0.717, 1.165) is 11.1 Å². The Labute approximate surface area is 131 Å². The Hall–Kier alpha value is -1.88. The molecule has 0 spiro atoms. The van der Waals surface area contributed by atoms with Crippen LogP contribution < -0.4 is 11.1 Å². The summed E-state index contributed by atoms with van der Waals surface area (Å²) in [6.45, 7) is 3.89. The maximum absolute atomic E-state index is 13.3. The van der Waals surface area contributed by atoms with Crippen molar-refractivity contribution >= 4 is 27.5 Å². The fraction of sp³-hybridized carbons (Fsp3) is 0.188. The number of anilines is 1. The van der Waals surface area contributed by atoms with E-state index in [-0.39, 0.29) is 17.6 Å². The minimum Gasteiger partial charge on any atom is -0.396 e. The Morgan fingerprint density at radius 3 is 2.67 bits per heavy atom. The van der Waals surface area contributed by atoms with Crippen molar-refractivity contribution in [2.24, 2.45) is 0 Å². The third-order valence-electron chi connectivity index (χ3n) is 3.33. The molecule has 0 bridgehead atoms. The Morgan fingerprint density at radius 1 is 1.33 bits per heavy atom. The molecule has 0 fully saturated rings. The van der Waals surface area contributed by atoms with Gasteiger partial charge in [-0.05, 0) is 53.0 Å². The minimum atomic E-state index is -0.551. The number of nitrogens with one attached hydrogen (secondary N) is 1. The van der Waals surface area contributed by atoms with E-state index in [1.165, 1.54) is 12.1 Å². The number of hydrogen-bond donors (Lipinski definition) is 2.